The Labute approximate surface area is 289 Å². The third-order valence-corrected chi connectivity index (χ3v) is 11.1. The number of fused-ring (bicyclic) bond motifs is 6. The second kappa shape index (κ2) is 11.3. The summed E-state index contributed by atoms with van der Waals surface area (Å²) in [6, 6.07) is 67.0. The van der Waals surface area contributed by atoms with E-state index in [9.17, 15) is 0 Å². The van der Waals surface area contributed by atoms with E-state index in [2.05, 4.69) is 182 Å². The summed E-state index contributed by atoms with van der Waals surface area (Å²) in [6.45, 7) is 0. The van der Waals surface area contributed by atoms with Gasteiger partial charge < -0.3 is 0 Å². The quantitative estimate of drug-likeness (QED) is 0.168. The van der Waals surface area contributed by atoms with Crippen LogP contribution in [0.15, 0.2) is 182 Å². The van der Waals surface area contributed by atoms with E-state index < -0.39 is 0 Å². The predicted molar refractivity (Wildman–Crippen MR) is 214 cm³/mol. The van der Waals surface area contributed by atoms with Gasteiger partial charge in [-0.2, -0.15) is 0 Å². The van der Waals surface area contributed by atoms with Gasteiger partial charge in [-0.3, -0.25) is 0 Å². The zero-order valence-corrected chi connectivity index (χ0v) is 27.5. The van der Waals surface area contributed by atoms with E-state index in [0.717, 1.165) is 0 Å². The highest BCUT2D eigenvalue weighted by atomic mass is 32.1. The SMILES string of the molecule is c1ccc(-c2cc(-c3ccccc3)cc(-c3c4ccccc4c(-c4cccc5sc6cc7ccccc7cc6c45)c4ccccc34)c2)cc1. The van der Waals surface area contributed by atoms with Gasteiger partial charge in [-0.05, 0) is 113 Å². The largest absolute Gasteiger partial charge is 0.135 e. The molecule has 10 aromatic rings. The van der Waals surface area contributed by atoms with Gasteiger partial charge in [0.1, 0.15) is 0 Å². The van der Waals surface area contributed by atoms with Crippen molar-refractivity contribution in [1.29, 1.82) is 0 Å². The normalized spacial score (nSPS) is 11.7. The molecule has 0 N–H and O–H groups in total. The molecule has 10 rings (SSSR count). The Balaban J connectivity index is 1.31. The van der Waals surface area contributed by atoms with E-state index in [0.29, 0.717) is 0 Å². The molecule has 0 atom stereocenters. The maximum Gasteiger partial charge on any atom is 0.0362 e. The van der Waals surface area contributed by atoms with Crippen molar-refractivity contribution in [3.8, 4) is 44.5 Å². The summed E-state index contributed by atoms with van der Waals surface area (Å²) in [5.41, 5.74) is 9.97. The van der Waals surface area contributed by atoms with Crippen LogP contribution in [0.4, 0.5) is 0 Å². The van der Waals surface area contributed by atoms with E-state index in [1.165, 1.54) is 97.0 Å². The van der Waals surface area contributed by atoms with Crippen molar-refractivity contribution < 1.29 is 0 Å². The second-order valence-electron chi connectivity index (χ2n) is 12.8. The van der Waals surface area contributed by atoms with Crippen LogP contribution in [0.3, 0.4) is 0 Å². The number of hydrogen-bond acceptors (Lipinski definition) is 1. The van der Waals surface area contributed by atoms with Crippen LogP contribution in [0.5, 0.6) is 0 Å². The van der Waals surface area contributed by atoms with Crippen LogP contribution < -0.4 is 0 Å². The molecule has 0 spiro atoms. The van der Waals surface area contributed by atoms with E-state index in [1.54, 1.807) is 0 Å². The lowest BCUT2D eigenvalue weighted by Crippen LogP contribution is -1.92. The summed E-state index contributed by atoms with van der Waals surface area (Å²) in [4.78, 5) is 0. The molecule has 0 amide bonds. The van der Waals surface area contributed by atoms with Gasteiger partial charge in [-0.25, -0.2) is 0 Å². The van der Waals surface area contributed by atoms with Crippen molar-refractivity contribution in [1.82, 2.24) is 0 Å². The molecule has 49 heavy (non-hydrogen) atoms. The third kappa shape index (κ3) is 4.58. The summed E-state index contributed by atoms with van der Waals surface area (Å²) in [7, 11) is 0. The van der Waals surface area contributed by atoms with Gasteiger partial charge in [0, 0.05) is 20.2 Å². The number of thiophene rings is 1. The monoisotopic (exact) mass is 638 g/mol. The molecule has 0 bridgehead atoms. The first-order chi connectivity index (χ1) is 24.3. The Morgan fingerprint density at radius 3 is 1.37 bits per heavy atom. The molecule has 0 fully saturated rings. The molecule has 0 aliphatic heterocycles. The van der Waals surface area contributed by atoms with Crippen LogP contribution in [0.25, 0.3) is 97.0 Å². The zero-order chi connectivity index (χ0) is 32.3. The standard InChI is InChI=1S/C48H30S/c1-3-14-31(15-4-1)35-26-36(32-16-5-2-6-17-32)28-37(27-35)46-38-20-9-11-22-40(38)47(41-23-12-10-21-39(41)46)42-24-13-25-44-48(42)43-29-33-18-7-8-19-34(33)30-45(43)49-44/h1-30H. The molecule has 228 valence electrons. The van der Waals surface area contributed by atoms with Crippen molar-refractivity contribution in [2.75, 3.05) is 0 Å². The van der Waals surface area contributed by atoms with Crippen LogP contribution in [0.2, 0.25) is 0 Å². The van der Waals surface area contributed by atoms with Crippen molar-refractivity contribution in [2.45, 2.75) is 0 Å². The van der Waals surface area contributed by atoms with Gasteiger partial charge >= 0.3 is 0 Å². The molecule has 1 heterocycles. The van der Waals surface area contributed by atoms with Gasteiger partial charge in [0.05, 0.1) is 0 Å². The molecule has 9 aromatic carbocycles. The first-order valence-electron chi connectivity index (χ1n) is 16.8. The topological polar surface area (TPSA) is 0 Å². The van der Waals surface area contributed by atoms with E-state index >= 15 is 0 Å². The van der Waals surface area contributed by atoms with Crippen LogP contribution in [0.1, 0.15) is 0 Å². The molecular weight excluding hydrogens is 609 g/mol. The summed E-state index contributed by atoms with van der Waals surface area (Å²) in [5, 5.41) is 10.3. The lowest BCUT2D eigenvalue weighted by Gasteiger charge is -2.19. The highest BCUT2D eigenvalue weighted by Crippen LogP contribution is 2.49. The minimum atomic E-state index is 1.22. The smallest absolute Gasteiger partial charge is 0.0362 e. The molecule has 1 aromatic heterocycles. The van der Waals surface area contributed by atoms with E-state index in [1.807, 2.05) is 11.3 Å². The third-order valence-electron chi connectivity index (χ3n) is 10.0. The van der Waals surface area contributed by atoms with Crippen molar-refractivity contribution in [2.24, 2.45) is 0 Å². The van der Waals surface area contributed by atoms with Crippen molar-refractivity contribution >= 4 is 63.8 Å². The minimum Gasteiger partial charge on any atom is -0.135 e. The molecule has 0 saturated carbocycles. The molecule has 0 nitrogen and oxygen atoms in total. The highest BCUT2D eigenvalue weighted by molar-refractivity contribution is 7.26. The fourth-order valence-corrected chi connectivity index (χ4v) is 8.98. The molecule has 0 aliphatic carbocycles. The van der Waals surface area contributed by atoms with Gasteiger partial charge in [0.15, 0.2) is 0 Å². The Hall–Kier alpha value is -6.02. The maximum atomic E-state index is 2.39. The molecule has 0 aliphatic rings. The first kappa shape index (κ1) is 28.0. The second-order valence-corrected chi connectivity index (χ2v) is 13.9. The lowest BCUT2D eigenvalue weighted by molar-refractivity contribution is 1.58. The Bertz CT molecular complexity index is 2750. The average molecular weight is 639 g/mol. The summed E-state index contributed by atoms with van der Waals surface area (Å²) < 4.78 is 2.65. The zero-order valence-electron chi connectivity index (χ0n) is 26.7. The number of rotatable bonds is 4. The van der Waals surface area contributed by atoms with Crippen molar-refractivity contribution in [3.63, 3.8) is 0 Å². The van der Waals surface area contributed by atoms with Gasteiger partial charge in [0.2, 0.25) is 0 Å². The summed E-state index contributed by atoms with van der Waals surface area (Å²) in [6.07, 6.45) is 0. The number of benzene rings is 9. The van der Waals surface area contributed by atoms with E-state index in [4.69, 9.17) is 0 Å². The van der Waals surface area contributed by atoms with Gasteiger partial charge in [0.25, 0.3) is 0 Å². The Morgan fingerprint density at radius 1 is 0.286 bits per heavy atom. The number of hydrogen-bond donors (Lipinski definition) is 0. The molecule has 1 heteroatoms. The van der Waals surface area contributed by atoms with Gasteiger partial charge in [-0.15, -0.1) is 11.3 Å². The average Bonchev–Trinajstić information content (AvgIpc) is 3.54. The minimum absolute atomic E-state index is 1.22. The lowest BCUT2D eigenvalue weighted by atomic mass is 9.83. The maximum absolute atomic E-state index is 2.39. The summed E-state index contributed by atoms with van der Waals surface area (Å²) >= 11 is 1.90. The first-order valence-corrected chi connectivity index (χ1v) is 17.7. The Kier molecular flexibility index (Phi) is 6.47. The van der Waals surface area contributed by atoms with Gasteiger partial charge in [-0.1, -0.05) is 146 Å². The molecule has 0 radical (unpaired) electrons. The van der Waals surface area contributed by atoms with Crippen LogP contribution in [0, 0.1) is 0 Å². The molecule has 0 saturated heterocycles. The molecular formula is C48H30S. The fourth-order valence-electron chi connectivity index (χ4n) is 7.82. The van der Waals surface area contributed by atoms with E-state index in [-0.39, 0.29) is 0 Å². The highest BCUT2D eigenvalue weighted by Gasteiger charge is 2.20. The predicted octanol–water partition coefficient (Wildman–Crippen LogP) is 14.2. The van der Waals surface area contributed by atoms with Crippen LogP contribution in [-0.2, 0) is 0 Å². The van der Waals surface area contributed by atoms with Crippen molar-refractivity contribution in [3.05, 3.63) is 182 Å². The van der Waals surface area contributed by atoms with Crippen LogP contribution in [-0.4, -0.2) is 0 Å². The fraction of sp³-hybridized carbons (Fsp3) is 0. The summed E-state index contributed by atoms with van der Waals surface area (Å²) in [5.74, 6) is 0. The Morgan fingerprint density at radius 2 is 0.776 bits per heavy atom. The molecule has 0 unspecified atom stereocenters. The van der Waals surface area contributed by atoms with Crippen LogP contribution >= 0.6 is 11.3 Å².